The van der Waals surface area contributed by atoms with Crippen molar-refractivity contribution in [2.75, 3.05) is 18.8 Å². The Bertz CT molecular complexity index is 1770. The number of rotatable bonds is 5. The Balaban J connectivity index is 1.67. The normalized spacial score (nSPS) is 25.7. The van der Waals surface area contributed by atoms with Gasteiger partial charge in [-0.05, 0) is 51.1 Å². The number of fused-ring (bicyclic) bond motifs is 3. The molecular weight excluding hydrogens is 597 g/mol. The molecule has 2 aromatic carbocycles. The number of Topliss-reactive ketones (excluding diaryl/α,β-unsaturated/α-hetero) is 2. The number of phenolic OH excluding ortho intramolecular Hbond substituents is 1. The molecule has 4 atom stereocenters. The number of hydrogen-bond acceptors (Lipinski definition) is 10. The number of ketones is 2. The zero-order chi connectivity index (χ0) is 31.0. The van der Waals surface area contributed by atoms with Crippen LogP contribution in [0.15, 0.2) is 52.1 Å². The summed E-state index contributed by atoms with van der Waals surface area (Å²) >= 11 is 5.87. The van der Waals surface area contributed by atoms with Crippen LogP contribution in [0.1, 0.15) is 17.5 Å². The van der Waals surface area contributed by atoms with Crippen LogP contribution >= 0.6 is 11.6 Å². The first kappa shape index (κ1) is 29.5. The van der Waals surface area contributed by atoms with E-state index >= 15 is 4.39 Å². The van der Waals surface area contributed by atoms with Crippen LogP contribution in [-0.2, 0) is 30.8 Å². The average Bonchev–Trinajstić information content (AvgIpc) is 2.88. The van der Waals surface area contributed by atoms with Crippen LogP contribution in [0.4, 0.5) is 10.1 Å². The Kier molecular flexibility index (Phi) is 6.88. The number of hydrogen-bond donors (Lipinski definition) is 6. The lowest BCUT2D eigenvalue weighted by atomic mass is 9.57. The third-order valence-corrected chi connectivity index (χ3v) is 9.62. The SMILES string of the molecule is CN(C)[C@@H]1C(=O)C(C(N)=O)=C(O)[C@@]2(O)C(=O)C3=C(O)c4c(O)c(NS(=O)(=O)c5cccc(Cl)c5)cc(F)c4C[C@H]3C[C@@H]12. The lowest BCUT2D eigenvalue weighted by molar-refractivity contribution is -0.153. The van der Waals surface area contributed by atoms with Crippen molar-refractivity contribution in [1.29, 1.82) is 0 Å². The fourth-order valence-electron chi connectivity index (χ4n) is 6.18. The zero-order valence-corrected chi connectivity index (χ0v) is 23.6. The number of nitrogens with one attached hydrogen (secondary N) is 1. The van der Waals surface area contributed by atoms with Gasteiger partial charge in [-0.25, -0.2) is 12.8 Å². The van der Waals surface area contributed by atoms with E-state index in [1.54, 1.807) is 0 Å². The molecule has 0 aromatic heterocycles. The summed E-state index contributed by atoms with van der Waals surface area (Å²) in [5.74, 6) is -10.1. The van der Waals surface area contributed by atoms with Gasteiger partial charge in [0, 0.05) is 28.1 Å². The van der Waals surface area contributed by atoms with Crippen molar-refractivity contribution >= 4 is 50.5 Å². The van der Waals surface area contributed by atoms with E-state index in [9.17, 15) is 43.2 Å². The maximum atomic E-state index is 15.5. The molecule has 3 aliphatic rings. The summed E-state index contributed by atoms with van der Waals surface area (Å²) in [6.07, 6.45) is -0.523. The lowest BCUT2D eigenvalue weighted by Crippen LogP contribution is -2.65. The average molecular weight is 622 g/mol. The van der Waals surface area contributed by atoms with Gasteiger partial charge in [0.05, 0.1) is 22.2 Å². The molecule has 15 heteroatoms. The minimum Gasteiger partial charge on any atom is -0.508 e. The highest BCUT2D eigenvalue weighted by Gasteiger charge is 2.64. The maximum Gasteiger partial charge on any atom is 0.262 e. The van der Waals surface area contributed by atoms with Gasteiger partial charge in [-0.3, -0.25) is 24.0 Å². The minimum atomic E-state index is -4.41. The third kappa shape index (κ3) is 4.16. The van der Waals surface area contributed by atoms with Crippen molar-refractivity contribution in [3.63, 3.8) is 0 Å². The molecule has 5 rings (SSSR count). The van der Waals surface area contributed by atoms with Gasteiger partial charge in [-0.1, -0.05) is 17.7 Å². The molecule has 42 heavy (non-hydrogen) atoms. The Morgan fingerprint density at radius 1 is 1.19 bits per heavy atom. The molecule has 0 spiro atoms. The summed E-state index contributed by atoms with van der Waals surface area (Å²) in [5, 5.41) is 44.9. The number of halogens is 2. The van der Waals surface area contributed by atoms with Crippen molar-refractivity contribution in [3.05, 3.63) is 69.2 Å². The van der Waals surface area contributed by atoms with Crippen LogP contribution in [0.5, 0.6) is 5.75 Å². The first-order valence-corrected chi connectivity index (χ1v) is 14.4. The number of aliphatic hydroxyl groups excluding tert-OH is 2. The van der Waals surface area contributed by atoms with Crippen molar-refractivity contribution in [2.24, 2.45) is 17.6 Å². The standard InChI is InChI=1S/C27H25ClFN3O9S/c1-32(2)20-14-7-10-6-13-15(29)9-16(31-42(40,41)12-5-3-4-11(28)8-12)21(33)18(13)22(34)17(10)24(36)27(14,39)25(37)19(23(20)35)26(30)38/h3-5,8-10,14,20,31,33-34,37,39H,6-7H2,1-2H3,(H2,30,38)/t10-,14-,20-,27-/m0/s1. The van der Waals surface area contributed by atoms with Gasteiger partial charge in [0.15, 0.2) is 17.1 Å². The molecule has 0 radical (unpaired) electrons. The van der Waals surface area contributed by atoms with Gasteiger partial charge in [0.25, 0.3) is 15.9 Å². The molecule has 7 N–H and O–H groups in total. The van der Waals surface area contributed by atoms with Gasteiger partial charge in [-0.15, -0.1) is 0 Å². The van der Waals surface area contributed by atoms with Crippen LogP contribution in [0.3, 0.4) is 0 Å². The highest BCUT2D eigenvalue weighted by molar-refractivity contribution is 7.92. The number of aliphatic hydroxyl groups is 3. The Morgan fingerprint density at radius 3 is 2.45 bits per heavy atom. The summed E-state index contributed by atoms with van der Waals surface area (Å²) in [6.45, 7) is 0. The fraction of sp³-hybridized carbons (Fsp3) is 0.296. The Hall–Kier alpha value is -3.98. The Morgan fingerprint density at radius 2 is 1.86 bits per heavy atom. The quantitative estimate of drug-likeness (QED) is 0.210. The van der Waals surface area contributed by atoms with E-state index in [1.165, 1.54) is 37.2 Å². The second-order valence-corrected chi connectivity index (χ2v) is 12.8. The van der Waals surface area contributed by atoms with Gasteiger partial charge >= 0.3 is 0 Å². The second kappa shape index (κ2) is 9.80. The van der Waals surface area contributed by atoms with Crippen LogP contribution in [0.25, 0.3) is 5.76 Å². The summed E-state index contributed by atoms with van der Waals surface area (Å²) in [6, 6.07) is 4.55. The van der Waals surface area contributed by atoms with Gasteiger partial charge in [0.2, 0.25) is 5.78 Å². The molecule has 0 heterocycles. The molecular formula is C27H25ClFN3O9S. The number of likely N-dealkylation sites (N-methyl/N-ethyl adjacent to an activating group) is 1. The summed E-state index contributed by atoms with van der Waals surface area (Å²) < 4.78 is 43.3. The number of phenols is 1. The van der Waals surface area contributed by atoms with Crippen molar-refractivity contribution in [3.8, 4) is 5.75 Å². The molecule has 1 fully saturated rings. The minimum absolute atomic E-state index is 0.0944. The van der Waals surface area contributed by atoms with Crippen LogP contribution in [0, 0.1) is 17.7 Å². The first-order valence-electron chi connectivity index (χ1n) is 12.5. The number of nitrogens with zero attached hydrogens (tertiary/aromatic N) is 1. The van der Waals surface area contributed by atoms with Crippen LogP contribution in [0.2, 0.25) is 5.02 Å². The highest BCUT2D eigenvalue weighted by atomic mass is 35.5. The monoisotopic (exact) mass is 621 g/mol. The molecule has 0 aliphatic heterocycles. The second-order valence-electron chi connectivity index (χ2n) is 10.6. The van der Waals surface area contributed by atoms with Gasteiger partial charge in [-0.2, -0.15) is 0 Å². The van der Waals surface area contributed by atoms with Crippen molar-refractivity contribution in [1.82, 2.24) is 4.90 Å². The Labute approximate surface area is 243 Å². The zero-order valence-electron chi connectivity index (χ0n) is 22.1. The molecule has 222 valence electrons. The number of carbonyl (C=O) groups excluding carboxylic acids is 3. The van der Waals surface area contributed by atoms with E-state index in [-0.39, 0.29) is 28.3 Å². The lowest BCUT2D eigenvalue weighted by Gasteiger charge is -2.50. The van der Waals surface area contributed by atoms with E-state index < -0.39 is 96.5 Å². The number of aromatic hydroxyl groups is 1. The molecule has 3 aliphatic carbocycles. The van der Waals surface area contributed by atoms with E-state index in [2.05, 4.69) is 0 Å². The van der Waals surface area contributed by atoms with E-state index in [1.807, 2.05) is 4.72 Å². The molecule has 0 unspecified atom stereocenters. The topological polar surface area (TPSA) is 208 Å². The number of sulfonamides is 1. The smallest absolute Gasteiger partial charge is 0.262 e. The highest BCUT2D eigenvalue weighted by Crippen LogP contribution is 2.53. The van der Waals surface area contributed by atoms with Gasteiger partial charge < -0.3 is 26.2 Å². The summed E-state index contributed by atoms with van der Waals surface area (Å²) in [5.41, 5.74) is -0.562. The van der Waals surface area contributed by atoms with Crippen molar-refractivity contribution < 1.29 is 47.6 Å². The van der Waals surface area contributed by atoms with Crippen LogP contribution in [-0.4, -0.2) is 77.0 Å². The van der Waals surface area contributed by atoms with Crippen molar-refractivity contribution in [2.45, 2.75) is 29.4 Å². The molecule has 2 aromatic rings. The van der Waals surface area contributed by atoms with Gasteiger partial charge in [0.1, 0.15) is 22.9 Å². The predicted octanol–water partition coefficient (Wildman–Crippen LogP) is 1.56. The summed E-state index contributed by atoms with van der Waals surface area (Å²) in [7, 11) is -1.49. The molecule has 0 bridgehead atoms. The number of carbonyl (C=O) groups is 3. The third-order valence-electron chi connectivity index (χ3n) is 8.02. The number of nitrogens with two attached hydrogens (primary N) is 1. The maximum absolute atomic E-state index is 15.5. The number of benzene rings is 2. The van der Waals surface area contributed by atoms with E-state index in [0.717, 1.165) is 12.1 Å². The fourth-order valence-corrected chi connectivity index (χ4v) is 7.54. The number of anilines is 1. The van der Waals surface area contributed by atoms with E-state index in [4.69, 9.17) is 17.3 Å². The largest absolute Gasteiger partial charge is 0.508 e. The molecule has 0 saturated heterocycles. The number of amides is 1. The molecule has 12 nitrogen and oxygen atoms in total. The molecule has 1 amide bonds. The number of primary amides is 1. The molecule has 1 saturated carbocycles. The predicted molar refractivity (Wildman–Crippen MR) is 146 cm³/mol. The van der Waals surface area contributed by atoms with Crippen LogP contribution < -0.4 is 10.5 Å². The summed E-state index contributed by atoms with van der Waals surface area (Å²) in [4.78, 5) is 40.1. The first-order chi connectivity index (χ1) is 19.5. The van der Waals surface area contributed by atoms with E-state index in [0.29, 0.717) is 0 Å².